The molecule has 1 fully saturated rings. The van der Waals surface area contributed by atoms with Gasteiger partial charge in [-0.2, -0.15) is 0 Å². The van der Waals surface area contributed by atoms with Crippen molar-refractivity contribution < 1.29 is 14.3 Å². The van der Waals surface area contributed by atoms with E-state index in [2.05, 4.69) is 23.3 Å². The molecule has 0 saturated carbocycles. The second-order valence-electron chi connectivity index (χ2n) is 6.16. The zero-order chi connectivity index (χ0) is 18.6. The molecular weight excluding hydrogens is 347 g/mol. The maximum atomic E-state index is 11.8. The molecule has 1 aromatic carbocycles. The third-order valence-corrected chi connectivity index (χ3v) is 5.17. The Hall–Kier alpha value is -2.28. The van der Waals surface area contributed by atoms with Crippen LogP contribution in [-0.4, -0.2) is 35.2 Å². The highest BCUT2D eigenvalue weighted by molar-refractivity contribution is 8.17. The molecule has 1 aliphatic rings. The quantitative estimate of drug-likeness (QED) is 0.763. The second kappa shape index (κ2) is 7.95. The summed E-state index contributed by atoms with van der Waals surface area (Å²) in [5, 5.41) is 1.81. The largest absolute Gasteiger partial charge is 0.493 e. The van der Waals surface area contributed by atoms with Crippen LogP contribution in [0.2, 0.25) is 0 Å². The fraction of sp³-hybridized carbons (Fsp3) is 0.316. The number of hydrogen-bond acceptors (Lipinski definition) is 5. The van der Waals surface area contributed by atoms with Gasteiger partial charge in [-0.05, 0) is 42.2 Å². The van der Waals surface area contributed by atoms with Gasteiger partial charge in [0, 0.05) is 18.3 Å². The number of rotatable bonds is 7. The number of nitrogens with one attached hydrogen (secondary N) is 1. The number of carbonyl (C=O) groups is 2. The minimum absolute atomic E-state index is 0.281. The second-order valence-corrected chi connectivity index (χ2v) is 7.47. The number of thioether (sulfide) groups is 1. The van der Waals surface area contributed by atoms with Crippen LogP contribution >= 0.6 is 11.8 Å². The molecule has 1 saturated heterocycles. The molecule has 26 heavy (non-hydrogen) atoms. The van der Waals surface area contributed by atoms with E-state index in [1.54, 1.807) is 0 Å². The van der Waals surface area contributed by atoms with Crippen LogP contribution in [-0.2, 0) is 24.1 Å². The maximum absolute atomic E-state index is 11.8. The van der Waals surface area contributed by atoms with E-state index in [-0.39, 0.29) is 6.42 Å². The van der Waals surface area contributed by atoms with Crippen LogP contribution in [0.3, 0.4) is 0 Å². The van der Waals surface area contributed by atoms with Crippen molar-refractivity contribution in [3.8, 4) is 5.75 Å². The molecule has 132 valence electrons. The molecule has 3 rings (SSSR count). The van der Waals surface area contributed by atoms with Crippen LogP contribution in [0.5, 0.6) is 5.75 Å². The van der Waals surface area contributed by atoms with Gasteiger partial charge in [-0.15, -0.1) is 0 Å². The van der Waals surface area contributed by atoms with Gasteiger partial charge in [0.25, 0.3) is 5.24 Å². The van der Waals surface area contributed by atoms with Crippen LogP contribution in [0.4, 0.5) is 4.79 Å². The number of hydrogen-bond donors (Lipinski definition) is 1. The lowest BCUT2D eigenvalue weighted by atomic mass is 9.80. The Kier molecular flexibility index (Phi) is 5.66. The molecule has 2 heterocycles. The first-order chi connectivity index (χ1) is 12.5. The molecule has 1 N–H and O–H groups in total. The number of aryl methyl sites for hydroxylation is 1. The Morgan fingerprint density at radius 1 is 1.15 bits per heavy atom. The standard InChI is InChI=1S/C19H19BN2O3S/c1-2-13-3-6-15(21-12-13)9-10-25-16-7-4-14(5-8-16)11-19(20)17(23)22-18(24)26-19/h3-8,12H,2,9-11H2,1H3,(H,22,23,24)/t19-/m1/s1. The van der Waals surface area contributed by atoms with Gasteiger partial charge in [0.1, 0.15) is 13.6 Å². The van der Waals surface area contributed by atoms with E-state index >= 15 is 0 Å². The van der Waals surface area contributed by atoms with E-state index < -0.39 is 15.8 Å². The molecule has 1 atom stereocenters. The van der Waals surface area contributed by atoms with E-state index in [9.17, 15) is 9.59 Å². The molecule has 0 bridgehead atoms. The van der Waals surface area contributed by atoms with Crippen molar-refractivity contribution in [1.29, 1.82) is 0 Å². The summed E-state index contributed by atoms with van der Waals surface area (Å²) in [6.45, 7) is 2.64. The third kappa shape index (κ3) is 4.46. The maximum Gasteiger partial charge on any atom is 0.285 e. The van der Waals surface area contributed by atoms with Crippen molar-refractivity contribution in [3.05, 3.63) is 59.4 Å². The summed E-state index contributed by atoms with van der Waals surface area (Å²) in [6.07, 6.45) is 3.89. The van der Waals surface area contributed by atoms with Crippen molar-refractivity contribution in [3.63, 3.8) is 0 Å². The number of pyridine rings is 1. The van der Waals surface area contributed by atoms with Gasteiger partial charge < -0.3 is 4.74 Å². The Morgan fingerprint density at radius 2 is 1.88 bits per heavy atom. The summed E-state index contributed by atoms with van der Waals surface area (Å²) in [5.41, 5.74) is 3.09. The third-order valence-electron chi connectivity index (χ3n) is 4.19. The Balaban J connectivity index is 1.51. The zero-order valence-electron chi connectivity index (χ0n) is 14.5. The van der Waals surface area contributed by atoms with E-state index in [0.717, 1.165) is 41.6 Å². The van der Waals surface area contributed by atoms with Crippen molar-refractivity contribution >= 4 is 30.8 Å². The van der Waals surface area contributed by atoms with Crippen LogP contribution in [0.15, 0.2) is 42.6 Å². The van der Waals surface area contributed by atoms with Crippen LogP contribution < -0.4 is 10.1 Å². The number of nitrogens with zero attached hydrogens (tertiary/aromatic N) is 1. The van der Waals surface area contributed by atoms with Gasteiger partial charge in [-0.1, -0.05) is 36.9 Å². The van der Waals surface area contributed by atoms with Crippen LogP contribution in [0, 0.1) is 0 Å². The molecule has 1 aliphatic heterocycles. The number of imide groups is 1. The highest BCUT2D eigenvalue weighted by atomic mass is 32.2. The minimum Gasteiger partial charge on any atom is -0.493 e. The van der Waals surface area contributed by atoms with E-state index in [4.69, 9.17) is 12.6 Å². The number of aromatic nitrogens is 1. The highest BCUT2D eigenvalue weighted by Gasteiger charge is 2.42. The molecule has 0 unspecified atom stereocenters. The lowest BCUT2D eigenvalue weighted by molar-refractivity contribution is -0.119. The van der Waals surface area contributed by atoms with Crippen LogP contribution in [0.25, 0.3) is 0 Å². The smallest absolute Gasteiger partial charge is 0.285 e. The van der Waals surface area contributed by atoms with Gasteiger partial charge in [0.05, 0.1) is 11.3 Å². The summed E-state index contributed by atoms with van der Waals surface area (Å²) in [7, 11) is 6.02. The van der Waals surface area contributed by atoms with E-state index in [1.165, 1.54) is 5.56 Å². The molecule has 0 aliphatic carbocycles. The summed E-state index contributed by atoms with van der Waals surface area (Å²) in [4.78, 5) is 27.5. The molecule has 2 amide bonds. The number of amides is 2. The van der Waals surface area contributed by atoms with Crippen LogP contribution in [0.1, 0.15) is 23.7 Å². The van der Waals surface area contributed by atoms with Gasteiger partial charge in [-0.3, -0.25) is 19.9 Å². The molecule has 2 radical (unpaired) electrons. The molecule has 1 aromatic heterocycles. The molecule has 2 aromatic rings. The number of carbonyl (C=O) groups excluding carboxylic acids is 2. The monoisotopic (exact) mass is 366 g/mol. The fourth-order valence-corrected chi connectivity index (χ4v) is 3.50. The lowest BCUT2D eigenvalue weighted by Gasteiger charge is -2.18. The topological polar surface area (TPSA) is 68.3 Å². The summed E-state index contributed by atoms with van der Waals surface area (Å²) in [5.74, 6) is 0.291. The van der Waals surface area contributed by atoms with Gasteiger partial charge in [-0.25, -0.2) is 0 Å². The minimum atomic E-state index is -1.24. The zero-order valence-corrected chi connectivity index (χ0v) is 15.3. The average Bonchev–Trinajstić information content (AvgIpc) is 2.88. The van der Waals surface area contributed by atoms with Crippen molar-refractivity contribution in [2.45, 2.75) is 30.8 Å². The van der Waals surface area contributed by atoms with Crippen molar-refractivity contribution in [2.75, 3.05) is 6.61 Å². The van der Waals surface area contributed by atoms with Crippen molar-refractivity contribution in [2.24, 2.45) is 0 Å². The first-order valence-electron chi connectivity index (χ1n) is 8.47. The van der Waals surface area contributed by atoms with Gasteiger partial charge >= 0.3 is 0 Å². The van der Waals surface area contributed by atoms with Gasteiger partial charge in [0.2, 0.25) is 5.91 Å². The average molecular weight is 366 g/mol. The summed E-state index contributed by atoms with van der Waals surface area (Å²) in [6, 6.07) is 11.5. The Labute approximate surface area is 158 Å². The number of benzene rings is 1. The Morgan fingerprint density at radius 3 is 2.46 bits per heavy atom. The molecule has 5 nitrogen and oxygen atoms in total. The van der Waals surface area contributed by atoms with E-state index in [0.29, 0.717) is 6.61 Å². The fourth-order valence-electron chi connectivity index (χ4n) is 2.64. The van der Waals surface area contributed by atoms with Crippen molar-refractivity contribution in [1.82, 2.24) is 10.3 Å². The molecular formula is C19H19BN2O3S. The Bertz CT molecular complexity index is 795. The number of ether oxygens (including phenoxy) is 1. The normalized spacial score (nSPS) is 19.4. The predicted molar refractivity (Wildman–Crippen MR) is 103 cm³/mol. The summed E-state index contributed by atoms with van der Waals surface area (Å²) < 4.78 is 4.50. The van der Waals surface area contributed by atoms with Gasteiger partial charge in [0.15, 0.2) is 0 Å². The predicted octanol–water partition coefficient (Wildman–Crippen LogP) is 2.66. The molecule has 7 heteroatoms. The van der Waals surface area contributed by atoms with E-state index in [1.807, 2.05) is 36.5 Å². The first kappa shape index (κ1) is 18.5. The first-order valence-corrected chi connectivity index (χ1v) is 9.29. The molecule has 0 spiro atoms. The SMILES string of the molecule is [B][C@]1(Cc2ccc(OCCc3ccc(CC)cn3)cc2)SC(=O)NC1=O. The lowest BCUT2D eigenvalue weighted by Crippen LogP contribution is -2.38. The summed E-state index contributed by atoms with van der Waals surface area (Å²) >= 11 is 0.829. The highest BCUT2D eigenvalue weighted by Crippen LogP contribution is 2.32.